The van der Waals surface area contributed by atoms with Crippen molar-refractivity contribution in [1.29, 1.82) is 0 Å². The second-order valence-corrected chi connectivity index (χ2v) is 15.4. The molecule has 12 heteroatoms. The lowest BCUT2D eigenvalue weighted by molar-refractivity contribution is -0.142. The zero-order chi connectivity index (χ0) is 35.3. The first-order valence-electron chi connectivity index (χ1n) is 17.2. The summed E-state index contributed by atoms with van der Waals surface area (Å²) in [6.07, 6.45) is 5.98. The van der Waals surface area contributed by atoms with Gasteiger partial charge in [-0.2, -0.15) is 0 Å². The van der Waals surface area contributed by atoms with Crippen LogP contribution in [0.25, 0.3) is 11.1 Å². The van der Waals surface area contributed by atoms with E-state index >= 15 is 4.39 Å². The molecule has 0 radical (unpaired) electrons. The van der Waals surface area contributed by atoms with Gasteiger partial charge in [0, 0.05) is 68.9 Å². The Hall–Kier alpha value is -4.55. The van der Waals surface area contributed by atoms with Gasteiger partial charge >= 0.3 is 5.97 Å². The number of rotatable bonds is 8. The molecule has 2 aliphatic heterocycles. The zero-order valence-corrected chi connectivity index (χ0v) is 30.1. The van der Waals surface area contributed by atoms with Crippen LogP contribution < -0.4 is 20.7 Å². The van der Waals surface area contributed by atoms with Crippen molar-refractivity contribution in [3.63, 3.8) is 0 Å². The molecule has 1 aromatic carbocycles. The molecule has 1 N–H and O–H groups in total. The Morgan fingerprint density at radius 3 is 2.54 bits per heavy atom. The van der Waals surface area contributed by atoms with Crippen LogP contribution in [-0.4, -0.2) is 65.6 Å². The number of ether oxygens (including phenoxy) is 1. The van der Waals surface area contributed by atoms with E-state index in [2.05, 4.69) is 40.9 Å². The molecule has 1 fully saturated rings. The molecule has 0 saturated carbocycles. The van der Waals surface area contributed by atoms with Crippen LogP contribution in [0.1, 0.15) is 58.9 Å². The third kappa shape index (κ3) is 6.54. The van der Waals surface area contributed by atoms with Crippen LogP contribution in [0.2, 0.25) is 0 Å². The number of nitrogens with zero attached hydrogens (tertiary/aromatic N) is 5. The van der Waals surface area contributed by atoms with Gasteiger partial charge in [-0.25, -0.2) is 9.37 Å². The third-order valence-corrected chi connectivity index (χ3v) is 11.4. The van der Waals surface area contributed by atoms with Gasteiger partial charge in [0.05, 0.1) is 22.4 Å². The molecule has 0 spiro atoms. The lowest BCUT2D eigenvalue weighted by Gasteiger charge is -2.35. The summed E-state index contributed by atoms with van der Waals surface area (Å²) < 4.78 is 22.5. The molecule has 3 aromatic heterocycles. The van der Waals surface area contributed by atoms with E-state index in [0.717, 1.165) is 56.8 Å². The predicted octanol–water partition coefficient (Wildman–Crippen LogP) is 5.92. The van der Waals surface area contributed by atoms with E-state index in [4.69, 9.17) is 4.74 Å². The number of amides is 1. The van der Waals surface area contributed by atoms with Gasteiger partial charge < -0.3 is 29.3 Å². The second kappa shape index (κ2) is 13.3. The average molecular weight is 699 g/mol. The summed E-state index contributed by atoms with van der Waals surface area (Å²) in [7, 11) is 1.63. The number of anilines is 4. The molecule has 1 aliphatic carbocycles. The molecule has 4 aromatic rings. The van der Waals surface area contributed by atoms with E-state index in [-0.39, 0.29) is 29.2 Å². The summed E-state index contributed by atoms with van der Waals surface area (Å²) in [6.45, 7) is 13.1. The molecule has 0 bridgehead atoms. The Morgan fingerprint density at radius 1 is 1.06 bits per heavy atom. The number of nitrogens with one attached hydrogen (secondary N) is 1. The number of esters is 1. The van der Waals surface area contributed by atoms with Gasteiger partial charge in [-0.1, -0.05) is 20.8 Å². The van der Waals surface area contributed by atoms with Gasteiger partial charge in [0.2, 0.25) is 0 Å². The van der Waals surface area contributed by atoms with Crippen LogP contribution in [0.4, 0.5) is 27.3 Å². The number of thiophene rings is 1. The van der Waals surface area contributed by atoms with Gasteiger partial charge in [0.1, 0.15) is 23.9 Å². The molecule has 5 heterocycles. The molecule has 262 valence electrons. The minimum absolute atomic E-state index is 0.173. The molecule has 1 amide bonds. The molecule has 0 unspecified atom stereocenters. The Morgan fingerprint density at radius 2 is 1.84 bits per heavy atom. The van der Waals surface area contributed by atoms with E-state index in [1.165, 1.54) is 34.1 Å². The predicted molar refractivity (Wildman–Crippen MR) is 195 cm³/mol. The number of aryl methyl sites for hydroxylation is 1. The summed E-state index contributed by atoms with van der Waals surface area (Å²) in [5.41, 5.74) is 5.35. The highest BCUT2D eigenvalue weighted by molar-refractivity contribution is 7.14. The first kappa shape index (κ1) is 33.9. The number of fused-ring (bicyclic) bond motifs is 3. The minimum atomic E-state index is -0.545. The van der Waals surface area contributed by atoms with Crippen LogP contribution in [0.5, 0.6) is 0 Å². The Labute approximate surface area is 295 Å². The number of carbonyl (C=O) groups is 2. The summed E-state index contributed by atoms with van der Waals surface area (Å²) in [5, 5.41) is 3.16. The highest BCUT2D eigenvalue weighted by Crippen LogP contribution is 2.46. The number of hydrogen-bond donors (Lipinski definition) is 1. The summed E-state index contributed by atoms with van der Waals surface area (Å²) in [6, 6.07) is 8.19. The quantitative estimate of drug-likeness (QED) is 0.227. The molecule has 0 atom stereocenters. The Bertz CT molecular complexity index is 2030. The smallest absolute Gasteiger partial charge is 0.302 e. The maximum atomic E-state index is 15.6. The van der Waals surface area contributed by atoms with Gasteiger partial charge in [-0.3, -0.25) is 14.4 Å². The van der Waals surface area contributed by atoms with Crippen molar-refractivity contribution in [2.45, 2.75) is 53.6 Å². The lowest BCUT2D eigenvalue weighted by atomic mass is 9.89. The number of hydrogen-bond acceptors (Lipinski definition) is 9. The largest absolute Gasteiger partial charge is 0.461 e. The average Bonchev–Trinajstić information content (AvgIpc) is 3.58. The number of halogens is 1. The summed E-state index contributed by atoms with van der Waals surface area (Å²) in [4.78, 5) is 52.4. The molecule has 50 heavy (non-hydrogen) atoms. The Balaban J connectivity index is 1.22. The highest BCUT2D eigenvalue weighted by Gasteiger charge is 2.39. The first-order valence-corrected chi connectivity index (χ1v) is 18.0. The fourth-order valence-electron chi connectivity index (χ4n) is 7.49. The van der Waals surface area contributed by atoms with Crippen molar-refractivity contribution < 1.29 is 18.7 Å². The molecular formula is C38H43FN6O4S. The van der Waals surface area contributed by atoms with E-state index in [1.54, 1.807) is 41.7 Å². The van der Waals surface area contributed by atoms with Crippen LogP contribution in [0.15, 0.2) is 47.5 Å². The third-order valence-electron chi connectivity index (χ3n) is 10.1. The van der Waals surface area contributed by atoms with Crippen LogP contribution in [-0.2, 0) is 42.4 Å². The van der Waals surface area contributed by atoms with Crippen molar-refractivity contribution in [2.75, 3.05) is 54.4 Å². The number of piperazine rings is 1. The summed E-state index contributed by atoms with van der Waals surface area (Å²) >= 11 is 1.55. The lowest BCUT2D eigenvalue weighted by Crippen LogP contribution is -2.46. The van der Waals surface area contributed by atoms with E-state index in [0.29, 0.717) is 46.0 Å². The van der Waals surface area contributed by atoms with Crippen LogP contribution >= 0.6 is 11.3 Å². The number of likely N-dealkylation sites (N-methyl/N-ethyl adjacent to an activating group) is 1. The molecule has 7 rings (SSSR count). The van der Waals surface area contributed by atoms with Gasteiger partial charge in [-0.05, 0) is 78.2 Å². The highest BCUT2D eigenvalue weighted by atomic mass is 32.1. The first-order chi connectivity index (χ1) is 23.9. The van der Waals surface area contributed by atoms with E-state index in [9.17, 15) is 14.4 Å². The minimum Gasteiger partial charge on any atom is -0.461 e. The molecule has 3 aliphatic rings. The van der Waals surface area contributed by atoms with Crippen molar-refractivity contribution in [2.24, 2.45) is 12.5 Å². The number of pyridine rings is 2. The fraction of sp³-hybridized carbons (Fsp3) is 0.421. The normalized spacial score (nSPS) is 17.1. The number of carbonyl (C=O) groups excluding carboxylic acids is 2. The van der Waals surface area contributed by atoms with Gasteiger partial charge in [-0.15, -0.1) is 11.3 Å². The van der Waals surface area contributed by atoms with E-state index in [1.807, 2.05) is 12.1 Å². The van der Waals surface area contributed by atoms with E-state index < -0.39 is 11.8 Å². The Kier molecular flexibility index (Phi) is 9.02. The van der Waals surface area contributed by atoms with Crippen molar-refractivity contribution in [3.8, 4) is 11.1 Å². The van der Waals surface area contributed by atoms with Crippen molar-refractivity contribution in [3.05, 3.63) is 85.3 Å². The molecule has 10 nitrogen and oxygen atoms in total. The monoisotopic (exact) mass is 698 g/mol. The maximum Gasteiger partial charge on any atom is 0.302 e. The van der Waals surface area contributed by atoms with Crippen LogP contribution in [0, 0.1) is 11.2 Å². The van der Waals surface area contributed by atoms with Gasteiger partial charge in [0.15, 0.2) is 0 Å². The van der Waals surface area contributed by atoms with Gasteiger partial charge in [0.25, 0.3) is 11.5 Å². The van der Waals surface area contributed by atoms with Crippen LogP contribution in [0.3, 0.4) is 0 Å². The number of aromatic nitrogens is 2. The van der Waals surface area contributed by atoms with Crippen molar-refractivity contribution >= 4 is 46.1 Å². The summed E-state index contributed by atoms with van der Waals surface area (Å²) in [5.74, 6) is -0.721. The molecule has 1 saturated heterocycles. The topological polar surface area (TPSA) is 100 Å². The SMILES string of the molecule is CCN1CCN(c2ccc(Nc3cc(-c4cc(F)cc(N5CCc6c(sc7c6CC(C)(C)C7)C5=O)c4COC(C)=O)cn(C)c3=O)nc2)CC1. The standard InChI is InChI=1S/C38H43FN6O4S/c1-6-43-11-13-44(14-12-43)26-7-8-34(40-20-26)41-31-15-24(21-42(5)36(31)47)28-16-25(39)17-32(30(28)22-49-23(2)46)45-10-9-27-29-18-38(3,4)19-33(29)50-35(27)37(45)48/h7-8,15-17,20-21H,6,9-14,18-19,22H2,1-5H3,(H,40,41). The zero-order valence-electron chi connectivity index (χ0n) is 29.3. The fourth-order valence-corrected chi connectivity index (χ4v) is 9.07. The van der Waals surface area contributed by atoms with Crippen molar-refractivity contribution in [1.82, 2.24) is 14.5 Å². The number of benzene rings is 1. The maximum absolute atomic E-state index is 15.6. The second-order valence-electron chi connectivity index (χ2n) is 14.3. The molecular weight excluding hydrogens is 656 g/mol.